The van der Waals surface area contributed by atoms with Gasteiger partial charge in [-0.25, -0.2) is 4.98 Å². The van der Waals surface area contributed by atoms with Gasteiger partial charge in [0.25, 0.3) is 0 Å². The Kier molecular flexibility index (Phi) is 5.42. The minimum absolute atomic E-state index is 0.0141. The Morgan fingerprint density at radius 2 is 2.00 bits per heavy atom. The fraction of sp³-hybridized carbons (Fsp3) is 0.688. The summed E-state index contributed by atoms with van der Waals surface area (Å²) < 4.78 is 5.65. The maximum atomic E-state index is 9.11. The number of rotatable bonds is 4. The Labute approximate surface area is 127 Å². The van der Waals surface area contributed by atoms with Gasteiger partial charge in [-0.1, -0.05) is 13.8 Å². The molecule has 1 aromatic heterocycles. The van der Waals surface area contributed by atoms with Gasteiger partial charge >= 0.3 is 0 Å². The molecular weight excluding hydrogens is 266 g/mol. The summed E-state index contributed by atoms with van der Waals surface area (Å²) in [6.45, 7) is 9.98. The predicted octanol–water partition coefficient (Wildman–Crippen LogP) is 2.19. The third kappa shape index (κ3) is 3.86. The number of hydrogen-bond donors (Lipinski definition) is 2. The zero-order valence-corrected chi connectivity index (χ0v) is 13.5. The van der Waals surface area contributed by atoms with Crippen LogP contribution in [-0.2, 0) is 4.74 Å². The van der Waals surface area contributed by atoms with E-state index in [9.17, 15) is 0 Å². The lowest BCUT2D eigenvalue weighted by atomic mass is 9.99. The molecule has 0 amide bonds. The molecule has 1 aromatic rings. The van der Waals surface area contributed by atoms with Gasteiger partial charge in [-0.3, -0.25) is 0 Å². The van der Waals surface area contributed by atoms with E-state index in [4.69, 9.17) is 9.84 Å². The van der Waals surface area contributed by atoms with E-state index < -0.39 is 0 Å². The maximum Gasteiger partial charge on any atom is 0.131 e. The summed E-state index contributed by atoms with van der Waals surface area (Å²) in [5.41, 5.74) is 1.18. The smallest absolute Gasteiger partial charge is 0.131 e. The van der Waals surface area contributed by atoms with Gasteiger partial charge in [0.15, 0.2) is 0 Å². The third-order valence-electron chi connectivity index (χ3n) is 3.71. The van der Waals surface area contributed by atoms with Gasteiger partial charge in [-0.15, -0.1) is 0 Å². The average Bonchev–Trinajstić information content (AvgIpc) is 2.48. The van der Waals surface area contributed by atoms with Crippen LogP contribution in [0.15, 0.2) is 12.1 Å². The van der Waals surface area contributed by atoms with Crippen molar-refractivity contribution in [3.05, 3.63) is 17.7 Å². The fourth-order valence-electron chi connectivity index (χ4n) is 2.73. The molecule has 4 heterocycles. The van der Waals surface area contributed by atoms with E-state index in [-0.39, 0.29) is 12.6 Å². The lowest BCUT2D eigenvalue weighted by Crippen LogP contribution is -2.57. The van der Waals surface area contributed by atoms with Crippen molar-refractivity contribution in [2.45, 2.75) is 52.4 Å². The summed E-state index contributed by atoms with van der Waals surface area (Å²) in [4.78, 5) is 6.94. The number of nitrogens with zero attached hydrogens (tertiary/aromatic N) is 2. The minimum atomic E-state index is 0.0141. The first-order chi connectivity index (χ1) is 10.1. The molecule has 3 atom stereocenters. The monoisotopic (exact) mass is 293 g/mol. The number of fused-ring (bicyclic) bond motifs is 2. The van der Waals surface area contributed by atoms with Crippen LogP contribution in [0.1, 0.15) is 32.8 Å². The van der Waals surface area contributed by atoms with Gasteiger partial charge in [0.2, 0.25) is 0 Å². The summed E-state index contributed by atoms with van der Waals surface area (Å²) >= 11 is 0. The molecule has 3 saturated heterocycles. The molecule has 118 valence electrons. The molecule has 21 heavy (non-hydrogen) atoms. The van der Waals surface area contributed by atoms with Gasteiger partial charge in [0, 0.05) is 25.6 Å². The highest BCUT2D eigenvalue weighted by atomic mass is 16.5. The molecule has 5 heteroatoms. The number of nitrogens with one attached hydrogen (secondary N) is 1. The summed E-state index contributed by atoms with van der Waals surface area (Å²) in [6, 6.07) is 4.14. The summed E-state index contributed by atoms with van der Waals surface area (Å²) in [5.74, 6) is 1.84. The number of aromatic nitrogens is 1. The molecule has 5 nitrogen and oxygen atoms in total. The van der Waals surface area contributed by atoms with Crippen LogP contribution in [0.3, 0.4) is 0 Å². The van der Waals surface area contributed by atoms with Gasteiger partial charge in [0.05, 0.1) is 18.8 Å². The number of aliphatic hydroxyl groups excluding tert-OH is 1. The topological polar surface area (TPSA) is 57.6 Å². The molecular formula is C16H27N3O2. The predicted molar refractivity (Wildman–Crippen MR) is 86.0 cm³/mol. The van der Waals surface area contributed by atoms with Crippen LogP contribution in [0.4, 0.5) is 11.6 Å². The lowest BCUT2D eigenvalue weighted by Gasteiger charge is -2.47. The number of pyridine rings is 1. The van der Waals surface area contributed by atoms with Crippen LogP contribution in [0, 0.1) is 6.92 Å². The van der Waals surface area contributed by atoms with E-state index in [0.29, 0.717) is 12.2 Å². The van der Waals surface area contributed by atoms with Crippen molar-refractivity contribution in [1.82, 2.24) is 4.98 Å². The Morgan fingerprint density at radius 3 is 2.57 bits per heavy atom. The molecule has 0 radical (unpaired) electrons. The second-order valence-electron chi connectivity index (χ2n) is 5.64. The van der Waals surface area contributed by atoms with Gasteiger partial charge in [-0.2, -0.15) is 0 Å². The second-order valence-corrected chi connectivity index (χ2v) is 5.64. The third-order valence-corrected chi connectivity index (χ3v) is 3.71. The van der Waals surface area contributed by atoms with Crippen LogP contribution < -0.4 is 10.2 Å². The Balaban J connectivity index is 0.000000774. The molecule has 3 aliphatic rings. The van der Waals surface area contributed by atoms with E-state index in [1.807, 2.05) is 26.8 Å². The van der Waals surface area contributed by atoms with Crippen molar-refractivity contribution in [3.63, 3.8) is 0 Å². The molecule has 2 bridgehead atoms. The van der Waals surface area contributed by atoms with Gasteiger partial charge < -0.3 is 20.1 Å². The zero-order valence-electron chi connectivity index (χ0n) is 13.5. The summed E-state index contributed by atoms with van der Waals surface area (Å²) in [7, 11) is 0. The molecule has 3 aliphatic heterocycles. The first-order valence-electron chi connectivity index (χ1n) is 7.90. The number of aliphatic hydroxyl groups is 1. The molecule has 2 N–H and O–H groups in total. The number of aryl methyl sites for hydroxylation is 1. The molecule has 0 spiro atoms. The van der Waals surface area contributed by atoms with Crippen LogP contribution in [0.2, 0.25) is 0 Å². The Hall–Kier alpha value is -1.33. The molecule has 0 aromatic carbocycles. The number of ether oxygens (including phenoxy) is 1. The normalized spacial score (nSPS) is 24.5. The second kappa shape index (κ2) is 7.09. The molecule has 3 fully saturated rings. The number of anilines is 2. The molecule has 4 rings (SSSR count). The zero-order chi connectivity index (χ0) is 15.4. The molecule has 3 unspecified atom stereocenters. The van der Waals surface area contributed by atoms with E-state index in [2.05, 4.69) is 28.2 Å². The largest absolute Gasteiger partial charge is 0.394 e. The van der Waals surface area contributed by atoms with Crippen LogP contribution in [0.25, 0.3) is 0 Å². The highest BCUT2D eigenvalue weighted by Crippen LogP contribution is 2.31. The van der Waals surface area contributed by atoms with Crippen molar-refractivity contribution >= 4 is 11.6 Å². The Bertz CT molecular complexity index is 451. The minimum Gasteiger partial charge on any atom is -0.394 e. The highest BCUT2D eigenvalue weighted by Gasteiger charge is 2.38. The SMILES string of the molecule is CC.Cc1cc(NC(C)CO)nc(N2CC3CC(C2)O3)c1. The summed E-state index contributed by atoms with van der Waals surface area (Å²) in [5, 5.41) is 12.3. The average molecular weight is 293 g/mol. The van der Waals surface area contributed by atoms with Gasteiger partial charge in [0.1, 0.15) is 11.6 Å². The van der Waals surface area contributed by atoms with Gasteiger partial charge in [-0.05, 0) is 31.5 Å². The maximum absolute atomic E-state index is 9.11. The van der Waals surface area contributed by atoms with Crippen molar-refractivity contribution < 1.29 is 9.84 Å². The van der Waals surface area contributed by atoms with Crippen molar-refractivity contribution in [3.8, 4) is 0 Å². The van der Waals surface area contributed by atoms with E-state index in [1.165, 1.54) is 12.0 Å². The standard InChI is InChI=1S/C14H21N3O2.C2H6/c1-9-3-13(15-10(2)8-18)16-14(4-9)17-6-11-5-12(7-17)19-11;1-2/h3-4,10-12,18H,5-8H2,1-2H3,(H,15,16);1-2H3. The summed E-state index contributed by atoms with van der Waals surface area (Å²) in [6.07, 6.45) is 1.96. The van der Waals surface area contributed by atoms with Crippen LogP contribution in [0.5, 0.6) is 0 Å². The van der Waals surface area contributed by atoms with Crippen molar-refractivity contribution in [2.24, 2.45) is 0 Å². The number of hydrogen-bond acceptors (Lipinski definition) is 5. The molecule has 0 saturated carbocycles. The van der Waals surface area contributed by atoms with Crippen molar-refractivity contribution in [2.75, 3.05) is 29.9 Å². The Morgan fingerprint density at radius 1 is 1.38 bits per heavy atom. The quantitative estimate of drug-likeness (QED) is 0.891. The first kappa shape index (κ1) is 16.0. The van der Waals surface area contributed by atoms with E-state index >= 15 is 0 Å². The van der Waals surface area contributed by atoms with Crippen LogP contribution >= 0.6 is 0 Å². The first-order valence-corrected chi connectivity index (χ1v) is 7.90. The van der Waals surface area contributed by atoms with E-state index in [0.717, 1.165) is 24.7 Å². The number of piperidine rings is 1. The van der Waals surface area contributed by atoms with E-state index in [1.54, 1.807) is 0 Å². The fourth-order valence-corrected chi connectivity index (χ4v) is 2.73. The van der Waals surface area contributed by atoms with Crippen LogP contribution in [-0.4, -0.2) is 48.0 Å². The molecule has 0 aliphatic carbocycles. The lowest BCUT2D eigenvalue weighted by molar-refractivity contribution is -0.133. The number of morpholine rings is 1. The highest BCUT2D eigenvalue weighted by molar-refractivity contribution is 5.51. The van der Waals surface area contributed by atoms with Crippen molar-refractivity contribution in [1.29, 1.82) is 0 Å².